The summed E-state index contributed by atoms with van der Waals surface area (Å²) in [5.41, 5.74) is 0.992. The summed E-state index contributed by atoms with van der Waals surface area (Å²) in [6, 6.07) is 5.57. The van der Waals surface area contributed by atoms with Gasteiger partial charge in [0, 0.05) is 26.0 Å². The van der Waals surface area contributed by atoms with Crippen LogP contribution < -0.4 is 4.74 Å². The molecule has 0 N–H and O–H groups in total. The molecule has 1 aromatic carbocycles. The van der Waals surface area contributed by atoms with Gasteiger partial charge >= 0.3 is 0 Å². The van der Waals surface area contributed by atoms with E-state index in [0.717, 1.165) is 12.0 Å². The molecule has 0 aromatic heterocycles. The van der Waals surface area contributed by atoms with Crippen molar-refractivity contribution in [2.75, 3.05) is 20.3 Å². The second kappa shape index (κ2) is 6.94. The Balaban J connectivity index is 2.47. The minimum Gasteiger partial charge on any atom is -0.492 e. The maximum atomic E-state index is 6.01. The van der Waals surface area contributed by atoms with Gasteiger partial charge in [0.05, 0.1) is 11.6 Å². The van der Waals surface area contributed by atoms with E-state index in [1.807, 2.05) is 18.2 Å². The molecule has 0 atom stereocenters. The maximum absolute atomic E-state index is 6.01. The predicted octanol–water partition coefficient (Wildman–Crippen LogP) is 3.49. The summed E-state index contributed by atoms with van der Waals surface area (Å²) in [7, 11) is 1.67. The molecule has 0 spiro atoms. The van der Waals surface area contributed by atoms with Crippen LogP contribution in [0.25, 0.3) is 0 Å². The second-order valence-electron chi connectivity index (χ2n) is 3.09. The van der Waals surface area contributed by atoms with Crippen LogP contribution in [-0.4, -0.2) is 20.3 Å². The van der Waals surface area contributed by atoms with Crippen molar-refractivity contribution < 1.29 is 9.47 Å². The summed E-state index contributed by atoms with van der Waals surface area (Å²) in [5, 5.41) is 0.602. The zero-order valence-electron chi connectivity index (χ0n) is 8.63. The normalized spacial score (nSPS) is 10.3. The maximum Gasteiger partial charge on any atom is 0.137 e. The third kappa shape index (κ3) is 4.29. The number of benzene rings is 1. The van der Waals surface area contributed by atoms with Crippen LogP contribution >= 0.6 is 23.2 Å². The Kier molecular flexibility index (Phi) is 5.84. The third-order valence-electron chi connectivity index (χ3n) is 1.90. The number of alkyl halides is 1. The summed E-state index contributed by atoms with van der Waals surface area (Å²) < 4.78 is 10.4. The van der Waals surface area contributed by atoms with Gasteiger partial charge in [-0.15, -0.1) is 11.6 Å². The number of ether oxygens (including phenoxy) is 2. The van der Waals surface area contributed by atoms with Gasteiger partial charge in [-0.1, -0.05) is 17.7 Å². The zero-order valence-corrected chi connectivity index (χ0v) is 10.1. The van der Waals surface area contributed by atoms with E-state index in [1.54, 1.807) is 7.11 Å². The van der Waals surface area contributed by atoms with E-state index in [2.05, 4.69) is 0 Å². The summed E-state index contributed by atoms with van der Waals surface area (Å²) in [5.74, 6) is 1.16. The Bertz CT molecular complexity index is 303. The highest BCUT2D eigenvalue weighted by Crippen LogP contribution is 2.26. The van der Waals surface area contributed by atoms with Crippen LogP contribution in [0.3, 0.4) is 0 Å². The van der Waals surface area contributed by atoms with Crippen molar-refractivity contribution in [1.29, 1.82) is 0 Å². The molecule has 84 valence electrons. The zero-order chi connectivity index (χ0) is 11.1. The van der Waals surface area contributed by atoms with Crippen molar-refractivity contribution in [2.45, 2.75) is 12.3 Å². The van der Waals surface area contributed by atoms with E-state index in [1.165, 1.54) is 0 Å². The average molecular weight is 249 g/mol. The lowest BCUT2D eigenvalue weighted by Gasteiger charge is -2.08. The largest absolute Gasteiger partial charge is 0.492 e. The number of hydrogen-bond donors (Lipinski definition) is 0. The van der Waals surface area contributed by atoms with E-state index in [-0.39, 0.29) is 0 Å². The first-order chi connectivity index (χ1) is 7.27. The Morgan fingerprint density at radius 1 is 1.27 bits per heavy atom. The monoisotopic (exact) mass is 248 g/mol. The number of halogens is 2. The quantitative estimate of drug-likeness (QED) is 0.567. The molecule has 0 unspecified atom stereocenters. The van der Waals surface area contributed by atoms with E-state index in [0.29, 0.717) is 29.9 Å². The lowest BCUT2D eigenvalue weighted by Crippen LogP contribution is -2.01. The van der Waals surface area contributed by atoms with Crippen molar-refractivity contribution in [2.24, 2.45) is 0 Å². The number of rotatable bonds is 6. The first kappa shape index (κ1) is 12.6. The van der Waals surface area contributed by atoms with E-state index in [9.17, 15) is 0 Å². The Morgan fingerprint density at radius 3 is 2.67 bits per heavy atom. The van der Waals surface area contributed by atoms with Gasteiger partial charge in [-0.3, -0.25) is 0 Å². The topological polar surface area (TPSA) is 18.5 Å². The molecule has 0 aliphatic rings. The molecule has 0 saturated heterocycles. The van der Waals surface area contributed by atoms with Crippen LogP contribution in [0.5, 0.6) is 5.75 Å². The van der Waals surface area contributed by atoms with Gasteiger partial charge in [0.2, 0.25) is 0 Å². The number of methoxy groups -OCH3 is 1. The molecule has 15 heavy (non-hydrogen) atoms. The van der Waals surface area contributed by atoms with Crippen LogP contribution in [0, 0.1) is 0 Å². The Labute approximate surface area is 100 Å². The highest BCUT2D eigenvalue weighted by molar-refractivity contribution is 6.32. The lowest BCUT2D eigenvalue weighted by molar-refractivity contribution is 0.172. The van der Waals surface area contributed by atoms with Gasteiger partial charge in [-0.25, -0.2) is 0 Å². The Morgan fingerprint density at radius 2 is 2.07 bits per heavy atom. The van der Waals surface area contributed by atoms with Crippen LogP contribution in [0.1, 0.15) is 12.0 Å². The third-order valence-corrected chi connectivity index (χ3v) is 2.50. The van der Waals surface area contributed by atoms with Crippen LogP contribution in [-0.2, 0) is 10.6 Å². The molecule has 2 nitrogen and oxygen atoms in total. The van der Waals surface area contributed by atoms with Crippen LogP contribution in [0.2, 0.25) is 5.02 Å². The fourth-order valence-electron chi connectivity index (χ4n) is 1.13. The summed E-state index contributed by atoms with van der Waals surface area (Å²) in [6.07, 6.45) is 0.851. The minimum atomic E-state index is 0.462. The van der Waals surface area contributed by atoms with E-state index >= 15 is 0 Å². The molecule has 4 heteroatoms. The molecular formula is C11H14Cl2O2. The smallest absolute Gasteiger partial charge is 0.137 e. The fourth-order valence-corrected chi connectivity index (χ4v) is 1.55. The van der Waals surface area contributed by atoms with Crippen molar-refractivity contribution >= 4 is 23.2 Å². The SMILES string of the molecule is COCCCOc1ccc(CCl)cc1Cl. The number of hydrogen-bond acceptors (Lipinski definition) is 2. The molecule has 0 heterocycles. The average Bonchev–Trinajstić information content (AvgIpc) is 2.26. The Hall–Kier alpha value is -0.440. The first-order valence-electron chi connectivity index (χ1n) is 4.74. The highest BCUT2D eigenvalue weighted by Gasteiger charge is 2.02. The van der Waals surface area contributed by atoms with Gasteiger partial charge in [0.1, 0.15) is 5.75 Å². The summed E-state index contributed by atoms with van der Waals surface area (Å²) in [4.78, 5) is 0. The fraction of sp³-hybridized carbons (Fsp3) is 0.455. The van der Waals surface area contributed by atoms with E-state index in [4.69, 9.17) is 32.7 Å². The van der Waals surface area contributed by atoms with E-state index < -0.39 is 0 Å². The first-order valence-corrected chi connectivity index (χ1v) is 5.65. The minimum absolute atomic E-state index is 0.462. The standard InChI is InChI=1S/C11H14Cl2O2/c1-14-5-2-6-15-11-4-3-9(8-12)7-10(11)13/h3-4,7H,2,5-6,8H2,1H3. The van der Waals surface area contributed by atoms with Gasteiger partial charge in [-0.2, -0.15) is 0 Å². The van der Waals surface area contributed by atoms with Crippen LogP contribution in [0.15, 0.2) is 18.2 Å². The van der Waals surface area contributed by atoms with Crippen molar-refractivity contribution in [3.05, 3.63) is 28.8 Å². The van der Waals surface area contributed by atoms with Gasteiger partial charge in [0.25, 0.3) is 0 Å². The van der Waals surface area contributed by atoms with Gasteiger partial charge in [-0.05, 0) is 17.7 Å². The molecular weight excluding hydrogens is 235 g/mol. The molecule has 0 saturated carbocycles. The molecule has 0 aliphatic carbocycles. The lowest BCUT2D eigenvalue weighted by atomic mass is 10.2. The van der Waals surface area contributed by atoms with Gasteiger partial charge in [0.15, 0.2) is 0 Å². The molecule has 1 rings (SSSR count). The molecule has 0 amide bonds. The van der Waals surface area contributed by atoms with Crippen molar-refractivity contribution in [3.63, 3.8) is 0 Å². The molecule has 0 aliphatic heterocycles. The summed E-state index contributed by atoms with van der Waals surface area (Å²) in [6.45, 7) is 1.30. The predicted molar refractivity (Wildman–Crippen MR) is 63.0 cm³/mol. The molecule has 1 aromatic rings. The highest BCUT2D eigenvalue weighted by atomic mass is 35.5. The second-order valence-corrected chi connectivity index (χ2v) is 3.77. The summed E-state index contributed by atoms with van der Waals surface area (Å²) >= 11 is 11.7. The van der Waals surface area contributed by atoms with Crippen molar-refractivity contribution in [1.82, 2.24) is 0 Å². The van der Waals surface area contributed by atoms with Gasteiger partial charge < -0.3 is 9.47 Å². The van der Waals surface area contributed by atoms with Crippen molar-refractivity contribution in [3.8, 4) is 5.75 Å². The molecule has 0 fully saturated rings. The van der Waals surface area contributed by atoms with Crippen LogP contribution in [0.4, 0.5) is 0 Å². The molecule has 0 radical (unpaired) electrons. The molecule has 0 bridgehead atoms.